The molecule has 3 heterocycles. The first-order chi connectivity index (χ1) is 10.3. The summed E-state index contributed by atoms with van der Waals surface area (Å²) in [5.41, 5.74) is 0. The molecule has 1 amide bonds. The molecule has 1 aliphatic rings. The predicted molar refractivity (Wildman–Crippen MR) is 75.6 cm³/mol. The number of halogens is 1. The number of anilines is 1. The average Bonchev–Trinajstić information content (AvgIpc) is 3.10. The Balaban J connectivity index is 1.84. The zero-order valence-corrected chi connectivity index (χ0v) is 12.6. The number of hydrogen-bond acceptors (Lipinski definition) is 5. The molecule has 1 saturated heterocycles. The van der Waals surface area contributed by atoms with E-state index in [1.54, 1.807) is 12.1 Å². The molecule has 1 aliphatic heterocycles. The lowest BCUT2D eigenvalue weighted by Gasteiger charge is -2.17. The maximum Gasteiger partial charge on any atom is 0.307 e. The van der Waals surface area contributed by atoms with E-state index in [0.29, 0.717) is 18.1 Å². The lowest BCUT2D eigenvalue weighted by molar-refractivity contribution is -0.117. The average molecular weight is 327 g/mol. The van der Waals surface area contributed by atoms with Crippen molar-refractivity contribution in [2.24, 2.45) is 0 Å². The zero-order chi connectivity index (χ0) is 15.9. The third-order valence-corrected chi connectivity index (χ3v) is 4.67. The number of carbonyl (C=O) groups excluding carboxylic acids is 1. The van der Waals surface area contributed by atoms with Gasteiger partial charge in [0.2, 0.25) is 5.91 Å². The van der Waals surface area contributed by atoms with Crippen LogP contribution in [-0.4, -0.2) is 35.9 Å². The van der Waals surface area contributed by atoms with E-state index in [1.165, 1.54) is 15.8 Å². The van der Waals surface area contributed by atoms with Crippen LogP contribution >= 0.6 is 0 Å². The monoisotopic (exact) mass is 327 g/mol. The molecule has 0 bridgehead atoms. The summed E-state index contributed by atoms with van der Waals surface area (Å²) >= 11 is 0. The molecule has 0 radical (unpaired) electrons. The predicted octanol–water partition coefficient (Wildman–Crippen LogP) is 1.24. The first-order valence-corrected chi connectivity index (χ1v) is 8.10. The van der Waals surface area contributed by atoms with Crippen LogP contribution in [0.3, 0.4) is 0 Å². The first kappa shape index (κ1) is 14.8. The summed E-state index contributed by atoms with van der Waals surface area (Å²) in [4.78, 5) is 13.2. The summed E-state index contributed by atoms with van der Waals surface area (Å²) in [5.74, 6) is 1.39. The molecule has 22 heavy (non-hydrogen) atoms. The molecule has 3 rings (SSSR count). The fourth-order valence-electron chi connectivity index (χ4n) is 2.48. The number of aryl methyl sites for hydroxylation is 1. The van der Waals surface area contributed by atoms with Crippen molar-refractivity contribution in [3.63, 3.8) is 0 Å². The molecule has 2 aromatic heterocycles. The molecule has 0 spiro atoms. The third-order valence-electron chi connectivity index (χ3n) is 3.56. The topological polar surface area (TPSA) is 85.4 Å². The van der Waals surface area contributed by atoms with Crippen LogP contribution in [0.5, 0.6) is 0 Å². The van der Waals surface area contributed by atoms with E-state index in [4.69, 9.17) is 4.42 Å². The van der Waals surface area contributed by atoms with Gasteiger partial charge in [0.05, 0.1) is 6.20 Å². The van der Waals surface area contributed by atoms with Crippen molar-refractivity contribution in [3.05, 3.63) is 35.9 Å². The van der Waals surface area contributed by atoms with Crippen LogP contribution in [-0.2, 0) is 21.6 Å². The molecule has 0 aromatic carbocycles. The molecule has 1 atom stereocenters. The third kappa shape index (κ3) is 2.76. The Morgan fingerprint density at radius 2 is 2.18 bits per heavy atom. The molecular formula is C13H14FN3O4S. The Bertz CT molecular complexity index is 811. The Hall–Kier alpha value is -2.16. The highest BCUT2D eigenvalue weighted by Crippen LogP contribution is 2.26. The van der Waals surface area contributed by atoms with Crippen LogP contribution in [0.4, 0.5) is 9.70 Å². The number of rotatable bonds is 4. The van der Waals surface area contributed by atoms with Gasteiger partial charge in [0.15, 0.2) is 0 Å². The number of carbonyl (C=O) groups is 1. The van der Waals surface area contributed by atoms with Gasteiger partial charge in [-0.25, -0.2) is 4.68 Å². The quantitative estimate of drug-likeness (QED) is 0.789. The minimum absolute atomic E-state index is 0.208. The summed E-state index contributed by atoms with van der Waals surface area (Å²) < 4.78 is 42.0. The zero-order valence-electron chi connectivity index (χ0n) is 11.8. The van der Waals surface area contributed by atoms with Gasteiger partial charge in [-0.3, -0.25) is 9.69 Å². The number of furan rings is 1. The van der Waals surface area contributed by atoms with E-state index >= 15 is 0 Å². The van der Waals surface area contributed by atoms with E-state index in [2.05, 4.69) is 5.10 Å². The summed E-state index contributed by atoms with van der Waals surface area (Å²) in [7, 11) is -4.74. The minimum Gasteiger partial charge on any atom is -0.464 e. The van der Waals surface area contributed by atoms with E-state index < -0.39 is 21.4 Å². The summed E-state index contributed by atoms with van der Waals surface area (Å²) in [5, 5.41) is 2.78. The second-order valence-corrected chi connectivity index (χ2v) is 6.78. The fraction of sp³-hybridized carbons (Fsp3) is 0.385. The highest BCUT2D eigenvalue weighted by atomic mass is 32.3. The van der Waals surface area contributed by atoms with Crippen molar-refractivity contribution < 1.29 is 21.5 Å². The summed E-state index contributed by atoms with van der Waals surface area (Å²) in [6.07, 6.45) is 1.14. The Labute approximate surface area is 126 Å². The first-order valence-electron chi connectivity index (χ1n) is 6.65. The highest BCUT2D eigenvalue weighted by Gasteiger charge is 2.40. The lowest BCUT2D eigenvalue weighted by Crippen LogP contribution is -2.29. The molecule has 7 nitrogen and oxygen atoms in total. The van der Waals surface area contributed by atoms with E-state index in [0.717, 1.165) is 5.76 Å². The second kappa shape index (κ2) is 5.24. The largest absolute Gasteiger partial charge is 0.464 e. The van der Waals surface area contributed by atoms with Crippen molar-refractivity contribution >= 4 is 21.9 Å². The van der Waals surface area contributed by atoms with Crippen molar-refractivity contribution in [3.8, 4) is 0 Å². The van der Waals surface area contributed by atoms with Crippen molar-refractivity contribution in [1.29, 1.82) is 0 Å². The van der Waals surface area contributed by atoms with Gasteiger partial charge < -0.3 is 4.42 Å². The molecule has 118 valence electrons. The molecule has 1 fully saturated rings. The summed E-state index contributed by atoms with van der Waals surface area (Å²) in [6, 6.07) is 5.19. The minimum atomic E-state index is -4.74. The Morgan fingerprint density at radius 1 is 1.41 bits per heavy atom. The van der Waals surface area contributed by atoms with Gasteiger partial charge >= 0.3 is 10.2 Å². The van der Waals surface area contributed by atoms with Crippen LogP contribution in [0.25, 0.3) is 0 Å². The van der Waals surface area contributed by atoms with E-state index in [1.807, 2.05) is 13.0 Å². The lowest BCUT2D eigenvalue weighted by atomic mass is 10.4. The van der Waals surface area contributed by atoms with Crippen molar-refractivity contribution in [1.82, 2.24) is 9.78 Å². The van der Waals surface area contributed by atoms with E-state index in [9.17, 15) is 17.1 Å². The van der Waals surface area contributed by atoms with Gasteiger partial charge in [-0.1, -0.05) is 0 Å². The molecular weight excluding hydrogens is 313 g/mol. The fourth-order valence-corrected chi connectivity index (χ4v) is 3.15. The Kier molecular flexibility index (Phi) is 3.51. The maximum absolute atomic E-state index is 13.1. The van der Waals surface area contributed by atoms with Crippen LogP contribution in [0.1, 0.15) is 17.9 Å². The number of aromatic nitrogens is 2. The van der Waals surface area contributed by atoms with Gasteiger partial charge in [0, 0.05) is 19.0 Å². The standard InChI is InChI=1S/C13H14FN3O4S/c1-9-2-3-10(21-9)7-17-12(4-5-15-17)16-8-11(6-13(16)18)22(14,19)20/h2-5,11H,6-8H2,1H3. The molecule has 0 saturated carbocycles. The van der Waals surface area contributed by atoms with Crippen molar-refractivity contribution in [2.75, 3.05) is 11.4 Å². The second-order valence-electron chi connectivity index (χ2n) is 5.17. The van der Waals surface area contributed by atoms with Crippen molar-refractivity contribution in [2.45, 2.75) is 25.1 Å². The molecule has 1 unspecified atom stereocenters. The maximum atomic E-state index is 13.1. The van der Waals surface area contributed by atoms with Gasteiger partial charge in [0.25, 0.3) is 0 Å². The smallest absolute Gasteiger partial charge is 0.307 e. The van der Waals surface area contributed by atoms with Gasteiger partial charge in [-0.2, -0.15) is 13.5 Å². The number of nitrogens with zero attached hydrogens (tertiary/aromatic N) is 3. The molecule has 2 aromatic rings. The Morgan fingerprint density at radius 3 is 2.77 bits per heavy atom. The van der Waals surface area contributed by atoms with Gasteiger partial charge in [0.1, 0.15) is 29.1 Å². The van der Waals surface area contributed by atoms with Crippen LogP contribution in [0.2, 0.25) is 0 Å². The van der Waals surface area contributed by atoms with Crippen LogP contribution < -0.4 is 4.90 Å². The van der Waals surface area contributed by atoms with Crippen LogP contribution in [0, 0.1) is 6.92 Å². The van der Waals surface area contributed by atoms with Gasteiger partial charge in [-0.15, -0.1) is 3.89 Å². The molecule has 0 aliphatic carbocycles. The van der Waals surface area contributed by atoms with Crippen LogP contribution in [0.15, 0.2) is 28.8 Å². The van der Waals surface area contributed by atoms with Gasteiger partial charge in [-0.05, 0) is 19.1 Å². The highest BCUT2D eigenvalue weighted by molar-refractivity contribution is 7.87. The summed E-state index contributed by atoms with van der Waals surface area (Å²) in [6.45, 7) is 1.90. The number of hydrogen-bond donors (Lipinski definition) is 0. The van der Waals surface area contributed by atoms with E-state index in [-0.39, 0.29) is 13.0 Å². The normalized spacial score (nSPS) is 19.1. The molecule has 9 heteroatoms. The molecule has 0 N–H and O–H groups in total. The SMILES string of the molecule is Cc1ccc(Cn2nccc2N2CC(S(=O)(=O)F)CC2=O)o1. The number of amides is 1.